The molecule has 6 nitrogen and oxygen atoms in total. The zero-order valence-electron chi connectivity index (χ0n) is 13.8. The smallest absolute Gasteiger partial charge is 0.239 e. The number of aryl methyl sites for hydroxylation is 1. The van der Waals surface area contributed by atoms with Crippen molar-refractivity contribution in [3.05, 3.63) is 41.3 Å². The monoisotopic (exact) mass is 347 g/mol. The van der Waals surface area contributed by atoms with Crippen LogP contribution in [0, 0.1) is 0 Å². The highest BCUT2D eigenvalue weighted by Gasteiger charge is 2.23. The molecule has 0 aromatic carbocycles. The summed E-state index contributed by atoms with van der Waals surface area (Å²) >= 11 is 5.79. The first-order chi connectivity index (χ1) is 11.6. The molecule has 0 saturated carbocycles. The first-order valence-electron chi connectivity index (χ1n) is 8.30. The third-order valence-electron chi connectivity index (χ3n) is 4.40. The molecule has 7 heteroatoms. The Morgan fingerprint density at radius 3 is 2.75 bits per heavy atom. The molecule has 1 aliphatic heterocycles. The van der Waals surface area contributed by atoms with Crippen molar-refractivity contribution in [3.8, 4) is 0 Å². The molecule has 2 aromatic rings. The Morgan fingerprint density at radius 2 is 2.12 bits per heavy atom. The summed E-state index contributed by atoms with van der Waals surface area (Å²) in [4.78, 5) is 18.4. The lowest BCUT2D eigenvalue weighted by Crippen LogP contribution is -2.38. The SMILES string of the molecule is CCn1cc(C2CCN(CC(=O)Nc3ccc(Cl)cn3)CC2)cn1. The number of aromatic nitrogens is 3. The van der Waals surface area contributed by atoms with Gasteiger partial charge in [-0.25, -0.2) is 4.98 Å². The lowest BCUT2D eigenvalue weighted by Gasteiger charge is -2.30. The van der Waals surface area contributed by atoms with Crippen LogP contribution in [-0.4, -0.2) is 45.2 Å². The summed E-state index contributed by atoms with van der Waals surface area (Å²) in [6.07, 6.45) is 7.75. The Bertz CT molecular complexity index is 677. The van der Waals surface area contributed by atoms with E-state index in [2.05, 4.69) is 33.4 Å². The molecule has 1 amide bonds. The Kier molecular flexibility index (Phi) is 5.48. The van der Waals surface area contributed by atoms with Crippen molar-refractivity contribution in [3.63, 3.8) is 0 Å². The average molecular weight is 348 g/mol. The highest BCUT2D eigenvalue weighted by Crippen LogP contribution is 2.27. The van der Waals surface area contributed by atoms with E-state index < -0.39 is 0 Å². The maximum atomic E-state index is 12.1. The van der Waals surface area contributed by atoms with Crippen molar-refractivity contribution < 1.29 is 4.79 Å². The van der Waals surface area contributed by atoms with Gasteiger partial charge < -0.3 is 5.32 Å². The lowest BCUT2D eigenvalue weighted by atomic mass is 9.91. The zero-order valence-corrected chi connectivity index (χ0v) is 14.5. The number of hydrogen-bond donors (Lipinski definition) is 1. The molecule has 1 N–H and O–H groups in total. The van der Waals surface area contributed by atoms with E-state index >= 15 is 0 Å². The van der Waals surface area contributed by atoms with Gasteiger partial charge in [0.05, 0.1) is 17.8 Å². The number of anilines is 1. The van der Waals surface area contributed by atoms with Crippen molar-refractivity contribution in [2.45, 2.75) is 32.2 Å². The summed E-state index contributed by atoms with van der Waals surface area (Å²) < 4.78 is 1.97. The number of carbonyl (C=O) groups is 1. The number of nitrogens with one attached hydrogen (secondary N) is 1. The fourth-order valence-corrected chi connectivity index (χ4v) is 3.13. The minimum atomic E-state index is -0.0397. The van der Waals surface area contributed by atoms with Gasteiger partial charge >= 0.3 is 0 Å². The number of likely N-dealkylation sites (tertiary alicyclic amines) is 1. The van der Waals surface area contributed by atoms with E-state index in [0.717, 1.165) is 32.5 Å². The van der Waals surface area contributed by atoms with Gasteiger partial charge in [0, 0.05) is 18.9 Å². The maximum Gasteiger partial charge on any atom is 0.239 e. The molecule has 1 fully saturated rings. The third kappa shape index (κ3) is 4.33. The Labute approximate surface area is 146 Å². The largest absolute Gasteiger partial charge is 0.310 e. The van der Waals surface area contributed by atoms with Crippen LogP contribution in [0.4, 0.5) is 5.82 Å². The first-order valence-corrected chi connectivity index (χ1v) is 8.68. The number of halogens is 1. The highest BCUT2D eigenvalue weighted by molar-refractivity contribution is 6.30. The summed E-state index contributed by atoms with van der Waals surface area (Å²) in [5.74, 6) is 1.04. The first kappa shape index (κ1) is 16.9. The molecular weight excluding hydrogens is 326 g/mol. The molecule has 0 spiro atoms. The van der Waals surface area contributed by atoms with E-state index in [1.165, 1.54) is 11.8 Å². The summed E-state index contributed by atoms with van der Waals surface area (Å²) in [5, 5.41) is 7.72. The van der Waals surface area contributed by atoms with Crippen LogP contribution >= 0.6 is 11.6 Å². The van der Waals surface area contributed by atoms with Gasteiger partial charge in [0.1, 0.15) is 5.82 Å². The molecule has 2 aromatic heterocycles. The predicted molar refractivity (Wildman–Crippen MR) is 94.2 cm³/mol. The van der Waals surface area contributed by atoms with E-state index in [0.29, 0.717) is 23.3 Å². The van der Waals surface area contributed by atoms with E-state index in [1.54, 1.807) is 12.1 Å². The quantitative estimate of drug-likeness (QED) is 0.903. The Hall–Kier alpha value is -1.92. The number of hydrogen-bond acceptors (Lipinski definition) is 4. The molecule has 1 aliphatic rings. The summed E-state index contributed by atoms with van der Waals surface area (Å²) in [6, 6.07) is 3.42. The van der Waals surface area contributed by atoms with Crippen molar-refractivity contribution in [2.75, 3.05) is 25.0 Å². The second-order valence-electron chi connectivity index (χ2n) is 6.09. The fourth-order valence-electron chi connectivity index (χ4n) is 3.02. The fraction of sp³-hybridized carbons (Fsp3) is 0.471. The number of rotatable bonds is 5. The van der Waals surface area contributed by atoms with Gasteiger partial charge in [-0.05, 0) is 56.5 Å². The van der Waals surface area contributed by atoms with Gasteiger partial charge in [-0.15, -0.1) is 0 Å². The second-order valence-corrected chi connectivity index (χ2v) is 6.53. The normalized spacial score (nSPS) is 16.2. The molecule has 24 heavy (non-hydrogen) atoms. The maximum absolute atomic E-state index is 12.1. The molecule has 0 atom stereocenters. The summed E-state index contributed by atoms with van der Waals surface area (Å²) in [5.41, 5.74) is 1.31. The van der Waals surface area contributed by atoms with Crippen molar-refractivity contribution >= 4 is 23.3 Å². The topological polar surface area (TPSA) is 63.1 Å². The number of nitrogens with zero attached hydrogens (tertiary/aromatic N) is 4. The van der Waals surface area contributed by atoms with Crippen molar-refractivity contribution in [1.29, 1.82) is 0 Å². The van der Waals surface area contributed by atoms with Gasteiger partial charge in [0.2, 0.25) is 5.91 Å². The van der Waals surface area contributed by atoms with Crippen LogP contribution in [0.25, 0.3) is 0 Å². The standard InChI is InChI=1S/C17H22ClN5O/c1-2-23-11-14(9-20-23)13-5-7-22(8-6-13)12-17(24)21-16-4-3-15(18)10-19-16/h3-4,9-11,13H,2,5-8,12H2,1H3,(H,19,21,24). The molecule has 0 aliphatic carbocycles. The molecule has 1 saturated heterocycles. The van der Waals surface area contributed by atoms with E-state index in [-0.39, 0.29) is 5.91 Å². The van der Waals surface area contributed by atoms with Crippen LogP contribution in [0.3, 0.4) is 0 Å². The van der Waals surface area contributed by atoms with Crippen LogP contribution in [0.5, 0.6) is 0 Å². The minimum absolute atomic E-state index is 0.0397. The van der Waals surface area contributed by atoms with Gasteiger partial charge in [0.25, 0.3) is 0 Å². The molecule has 128 valence electrons. The average Bonchev–Trinajstić information content (AvgIpc) is 3.07. The second kappa shape index (κ2) is 7.77. The van der Waals surface area contributed by atoms with Gasteiger partial charge in [0.15, 0.2) is 0 Å². The number of pyridine rings is 1. The number of carbonyl (C=O) groups excluding carboxylic acids is 1. The zero-order chi connectivity index (χ0) is 16.9. The summed E-state index contributed by atoms with van der Waals surface area (Å²) in [7, 11) is 0. The van der Waals surface area contributed by atoms with Gasteiger partial charge in [-0.1, -0.05) is 11.6 Å². The minimum Gasteiger partial charge on any atom is -0.310 e. The third-order valence-corrected chi connectivity index (χ3v) is 4.62. The molecule has 0 unspecified atom stereocenters. The molecular formula is C17H22ClN5O. The van der Waals surface area contributed by atoms with Crippen LogP contribution in [0.2, 0.25) is 5.02 Å². The highest BCUT2D eigenvalue weighted by atomic mass is 35.5. The van der Waals surface area contributed by atoms with E-state index in [9.17, 15) is 4.79 Å². The predicted octanol–water partition coefficient (Wildman–Crippen LogP) is 2.77. The Balaban J connectivity index is 1.46. The van der Waals surface area contributed by atoms with Crippen LogP contribution in [-0.2, 0) is 11.3 Å². The van der Waals surface area contributed by atoms with E-state index in [1.807, 2.05) is 10.9 Å². The van der Waals surface area contributed by atoms with Gasteiger partial charge in [-0.3, -0.25) is 14.4 Å². The van der Waals surface area contributed by atoms with Gasteiger partial charge in [-0.2, -0.15) is 5.10 Å². The van der Waals surface area contributed by atoms with Crippen molar-refractivity contribution in [2.24, 2.45) is 0 Å². The van der Waals surface area contributed by atoms with Crippen LogP contribution in [0.1, 0.15) is 31.2 Å². The molecule has 0 bridgehead atoms. The molecule has 0 radical (unpaired) electrons. The van der Waals surface area contributed by atoms with Crippen molar-refractivity contribution in [1.82, 2.24) is 19.7 Å². The summed E-state index contributed by atoms with van der Waals surface area (Å²) in [6.45, 7) is 5.23. The molecule has 3 rings (SSSR count). The Morgan fingerprint density at radius 1 is 1.33 bits per heavy atom. The van der Waals surface area contributed by atoms with E-state index in [4.69, 9.17) is 11.6 Å². The molecule has 3 heterocycles. The number of amides is 1. The van der Waals surface area contributed by atoms with Crippen LogP contribution in [0.15, 0.2) is 30.7 Å². The lowest BCUT2D eigenvalue weighted by molar-refractivity contribution is -0.117. The van der Waals surface area contributed by atoms with Crippen LogP contribution < -0.4 is 5.32 Å². The number of piperidine rings is 1.